The summed E-state index contributed by atoms with van der Waals surface area (Å²) in [6, 6.07) is 13.5. The number of fused-ring (bicyclic) bond motifs is 2. The summed E-state index contributed by atoms with van der Waals surface area (Å²) in [7, 11) is 0. The molecule has 4 aliphatic heterocycles. The van der Waals surface area contributed by atoms with Crippen LogP contribution in [-0.2, 0) is 4.74 Å². The van der Waals surface area contributed by atoms with Gasteiger partial charge in [-0.05, 0) is 93.0 Å². The second-order valence-electron chi connectivity index (χ2n) is 14.5. The van der Waals surface area contributed by atoms with Crippen molar-refractivity contribution in [3.8, 4) is 11.4 Å². The molecule has 270 valence electrons. The van der Waals surface area contributed by atoms with Crippen molar-refractivity contribution >= 4 is 35.2 Å². The van der Waals surface area contributed by atoms with Crippen molar-refractivity contribution < 1.29 is 24.5 Å². The molecular formula is C37H47N9O5. The van der Waals surface area contributed by atoms with E-state index in [0.29, 0.717) is 47.7 Å². The number of urea groups is 1. The van der Waals surface area contributed by atoms with E-state index >= 15 is 0 Å². The van der Waals surface area contributed by atoms with Gasteiger partial charge in [0.25, 0.3) is 5.91 Å². The molecule has 2 aromatic carbocycles. The number of amides is 3. The summed E-state index contributed by atoms with van der Waals surface area (Å²) in [5, 5.41) is 26.0. The average Bonchev–Trinajstić information content (AvgIpc) is 3.77. The van der Waals surface area contributed by atoms with Gasteiger partial charge >= 0.3 is 6.03 Å². The van der Waals surface area contributed by atoms with Crippen LogP contribution in [0.1, 0.15) is 48.9 Å². The second-order valence-corrected chi connectivity index (χ2v) is 14.5. The van der Waals surface area contributed by atoms with Crippen LogP contribution in [-0.4, -0.2) is 130 Å². The first kappa shape index (κ1) is 33.8. The number of rotatable bonds is 10. The van der Waals surface area contributed by atoms with Crippen LogP contribution in [0.4, 0.5) is 28.1 Å². The predicted octanol–water partition coefficient (Wildman–Crippen LogP) is 3.04. The molecule has 14 heteroatoms. The summed E-state index contributed by atoms with van der Waals surface area (Å²) in [5.74, 6) is 2.33. The summed E-state index contributed by atoms with van der Waals surface area (Å²) in [6.07, 6.45) is 6.48. The number of hydrogen-bond donors (Lipinski definition) is 4. The summed E-state index contributed by atoms with van der Waals surface area (Å²) in [4.78, 5) is 49.0. The number of nitrogens with one attached hydrogen (secondary N) is 2. The summed E-state index contributed by atoms with van der Waals surface area (Å²) in [5.41, 5.74) is 2.53. The lowest BCUT2D eigenvalue weighted by Crippen LogP contribution is -2.49. The van der Waals surface area contributed by atoms with Crippen LogP contribution >= 0.6 is 0 Å². The maximum Gasteiger partial charge on any atom is 0.323 e. The molecule has 4 saturated heterocycles. The molecule has 0 radical (unpaired) electrons. The highest BCUT2D eigenvalue weighted by molar-refractivity contribution is 6.00. The van der Waals surface area contributed by atoms with Gasteiger partial charge in [-0.15, -0.1) is 0 Å². The van der Waals surface area contributed by atoms with Crippen molar-refractivity contribution in [3.05, 3.63) is 54.1 Å². The number of aromatic nitrogens is 3. The van der Waals surface area contributed by atoms with Gasteiger partial charge in [0, 0.05) is 68.3 Å². The van der Waals surface area contributed by atoms with Crippen LogP contribution in [0.15, 0.2) is 48.5 Å². The number of ether oxygens (including phenoxy) is 1. The van der Waals surface area contributed by atoms with Gasteiger partial charge in [0.05, 0.1) is 37.5 Å². The molecule has 4 atom stereocenters. The number of carbonyl (C=O) groups excluding carboxylic acids is 2. The lowest BCUT2D eigenvalue weighted by Gasteiger charge is -2.34. The third-order valence-electron chi connectivity index (χ3n) is 10.9. The molecular weight excluding hydrogens is 650 g/mol. The molecule has 51 heavy (non-hydrogen) atoms. The van der Waals surface area contributed by atoms with Crippen LogP contribution < -0.4 is 20.4 Å². The Labute approximate surface area is 297 Å². The fourth-order valence-electron chi connectivity index (χ4n) is 7.84. The molecule has 14 nitrogen and oxygen atoms in total. The van der Waals surface area contributed by atoms with E-state index in [2.05, 4.69) is 20.4 Å². The second kappa shape index (κ2) is 14.7. The Bertz CT molecular complexity index is 1670. The van der Waals surface area contributed by atoms with E-state index in [9.17, 15) is 19.8 Å². The number of morpholine rings is 1. The van der Waals surface area contributed by atoms with Gasteiger partial charge in [-0.2, -0.15) is 15.0 Å². The molecule has 2 bridgehead atoms. The Morgan fingerprint density at radius 1 is 0.725 bits per heavy atom. The highest BCUT2D eigenvalue weighted by Gasteiger charge is 2.38. The third kappa shape index (κ3) is 7.64. The number of aliphatic hydroxyl groups is 2. The Hall–Kier alpha value is -4.37. The standard InChI is InChI=1S/C37H47N9O5/c47-22-29-11-12-30(23-48)46(29)36-41-33(40-35(42-36)45-20-31-13-14-32(21-45)51-31)25-3-7-27(8-4-25)38-37(50)39-28-9-5-26(6-10-28)34(49)44-17-15-43(16-18-44)19-24-1-2-24/h3-10,24,29-32,47-48H,1-2,11-23H2,(H2,38,39,50). The zero-order valence-corrected chi connectivity index (χ0v) is 28.9. The third-order valence-corrected chi connectivity index (χ3v) is 10.9. The first-order valence-electron chi connectivity index (χ1n) is 18.4. The molecule has 3 aromatic rings. The lowest BCUT2D eigenvalue weighted by atomic mass is 10.1. The van der Waals surface area contributed by atoms with Crippen LogP contribution in [0.5, 0.6) is 0 Å². The van der Waals surface area contributed by atoms with Crippen LogP contribution in [0.3, 0.4) is 0 Å². The van der Waals surface area contributed by atoms with Gasteiger partial charge in [-0.1, -0.05) is 0 Å². The zero-order valence-electron chi connectivity index (χ0n) is 28.9. The summed E-state index contributed by atoms with van der Waals surface area (Å²) in [6.45, 7) is 5.75. The number of carbonyl (C=O) groups is 2. The molecule has 4 unspecified atom stereocenters. The maximum atomic E-state index is 13.1. The maximum absolute atomic E-state index is 13.1. The minimum Gasteiger partial charge on any atom is -0.394 e. The fraction of sp³-hybridized carbons (Fsp3) is 0.541. The van der Waals surface area contributed by atoms with E-state index in [1.54, 1.807) is 36.4 Å². The quantitative estimate of drug-likeness (QED) is 0.247. The molecule has 3 amide bonds. The van der Waals surface area contributed by atoms with E-state index in [0.717, 1.165) is 69.9 Å². The minimum atomic E-state index is -0.403. The molecule has 5 aliphatic rings. The summed E-state index contributed by atoms with van der Waals surface area (Å²) < 4.78 is 6.05. The van der Waals surface area contributed by atoms with Crippen molar-refractivity contribution in [3.63, 3.8) is 0 Å². The Kier molecular flexibility index (Phi) is 9.73. The molecule has 5 fully saturated rings. The van der Waals surface area contributed by atoms with Crippen molar-refractivity contribution in [2.75, 3.05) is 79.5 Å². The van der Waals surface area contributed by atoms with Gasteiger partial charge in [-0.3, -0.25) is 9.69 Å². The zero-order chi connectivity index (χ0) is 34.9. The first-order valence-corrected chi connectivity index (χ1v) is 18.4. The topological polar surface area (TPSA) is 160 Å². The number of benzene rings is 2. The molecule has 0 spiro atoms. The number of nitrogens with zero attached hydrogens (tertiary/aromatic N) is 7. The molecule has 8 rings (SSSR count). The van der Waals surface area contributed by atoms with Gasteiger partial charge in [0.15, 0.2) is 5.82 Å². The molecule has 1 aromatic heterocycles. The smallest absolute Gasteiger partial charge is 0.323 e. The number of hydrogen-bond acceptors (Lipinski definition) is 11. The van der Waals surface area contributed by atoms with E-state index in [4.69, 9.17) is 19.7 Å². The van der Waals surface area contributed by atoms with Crippen molar-refractivity contribution in [2.45, 2.75) is 62.8 Å². The van der Waals surface area contributed by atoms with Crippen LogP contribution in [0.25, 0.3) is 11.4 Å². The van der Waals surface area contributed by atoms with E-state index in [1.165, 1.54) is 12.8 Å². The largest absolute Gasteiger partial charge is 0.394 e. The van der Waals surface area contributed by atoms with Crippen molar-refractivity contribution in [1.29, 1.82) is 0 Å². The Morgan fingerprint density at radius 2 is 1.31 bits per heavy atom. The molecule has 1 saturated carbocycles. The van der Waals surface area contributed by atoms with Crippen molar-refractivity contribution in [1.82, 2.24) is 24.8 Å². The Balaban J connectivity index is 0.920. The highest BCUT2D eigenvalue weighted by atomic mass is 16.5. The number of anilines is 4. The van der Waals surface area contributed by atoms with Crippen LogP contribution in [0, 0.1) is 5.92 Å². The van der Waals surface area contributed by atoms with Gasteiger partial charge < -0.3 is 40.3 Å². The Morgan fingerprint density at radius 3 is 1.90 bits per heavy atom. The fourth-order valence-corrected chi connectivity index (χ4v) is 7.84. The predicted molar refractivity (Wildman–Crippen MR) is 193 cm³/mol. The highest BCUT2D eigenvalue weighted by Crippen LogP contribution is 2.34. The lowest BCUT2D eigenvalue weighted by molar-refractivity contribution is 0.0299. The van der Waals surface area contributed by atoms with Gasteiger partial charge in [0.1, 0.15) is 0 Å². The number of piperazine rings is 1. The van der Waals surface area contributed by atoms with E-state index < -0.39 is 6.03 Å². The minimum absolute atomic E-state index is 0.0218. The number of aliphatic hydroxyl groups excluding tert-OH is 2. The average molecular weight is 698 g/mol. The van der Waals surface area contributed by atoms with Crippen LogP contribution in [0.2, 0.25) is 0 Å². The molecule has 5 heterocycles. The SMILES string of the molecule is O=C(Nc1ccc(C(=O)N2CCN(CC3CC3)CC2)cc1)Nc1ccc(-c2nc(N3CC4CCC(C3)O4)nc(N3C(CO)CCC3CO)n2)cc1. The van der Waals surface area contributed by atoms with E-state index in [1.807, 2.05) is 21.9 Å². The molecule has 1 aliphatic carbocycles. The van der Waals surface area contributed by atoms with Gasteiger partial charge in [-0.25, -0.2) is 4.79 Å². The van der Waals surface area contributed by atoms with Crippen molar-refractivity contribution in [2.24, 2.45) is 5.92 Å². The first-order chi connectivity index (χ1) is 24.9. The monoisotopic (exact) mass is 697 g/mol. The van der Waals surface area contributed by atoms with E-state index in [-0.39, 0.29) is 43.4 Å². The summed E-state index contributed by atoms with van der Waals surface area (Å²) >= 11 is 0. The molecule has 4 N–H and O–H groups in total. The normalized spacial score (nSPS) is 24.9. The van der Waals surface area contributed by atoms with Gasteiger partial charge in [0.2, 0.25) is 11.9 Å².